The molecule has 1 aromatic carbocycles. The Labute approximate surface area is 109 Å². The minimum absolute atomic E-state index is 0.0802. The van der Waals surface area contributed by atoms with E-state index < -0.39 is 0 Å². The second kappa shape index (κ2) is 4.47. The van der Waals surface area contributed by atoms with Crippen molar-refractivity contribution < 1.29 is 9.47 Å². The predicted molar refractivity (Wildman–Crippen MR) is 74.3 cm³/mol. The molecular formula is C15H23NO2. The average Bonchev–Trinajstić information content (AvgIpc) is 2.47. The molecule has 0 saturated carbocycles. The number of ether oxygens (including phenoxy) is 2. The van der Waals surface area contributed by atoms with E-state index in [1.54, 1.807) is 7.11 Å². The van der Waals surface area contributed by atoms with E-state index in [9.17, 15) is 0 Å². The number of methoxy groups -OCH3 is 1. The summed E-state index contributed by atoms with van der Waals surface area (Å²) in [6.07, 6.45) is 0.984. The van der Waals surface area contributed by atoms with Crippen molar-refractivity contribution in [2.45, 2.75) is 51.4 Å². The molecule has 1 fully saturated rings. The Morgan fingerprint density at radius 1 is 1.22 bits per heavy atom. The SMILES string of the molecule is COc1ccccc1NC1CC(C)(C)OC1(C)C. The molecule has 1 heterocycles. The highest BCUT2D eigenvalue weighted by Crippen LogP contribution is 2.39. The summed E-state index contributed by atoms with van der Waals surface area (Å²) in [5, 5.41) is 3.56. The number of rotatable bonds is 3. The summed E-state index contributed by atoms with van der Waals surface area (Å²) in [6, 6.07) is 8.28. The van der Waals surface area contributed by atoms with Gasteiger partial charge in [-0.25, -0.2) is 0 Å². The molecule has 0 spiro atoms. The maximum Gasteiger partial charge on any atom is 0.141 e. The summed E-state index contributed by atoms with van der Waals surface area (Å²) in [6.45, 7) is 8.54. The summed E-state index contributed by atoms with van der Waals surface area (Å²) in [5.74, 6) is 0.873. The first kappa shape index (κ1) is 13.2. The molecule has 0 radical (unpaired) electrons. The second-order valence-electron chi connectivity index (χ2n) is 6.07. The number of hydrogen-bond acceptors (Lipinski definition) is 3. The minimum atomic E-state index is -0.176. The van der Waals surface area contributed by atoms with Gasteiger partial charge in [-0.2, -0.15) is 0 Å². The fourth-order valence-corrected chi connectivity index (χ4v) is 2.74. The van der Waals surface area contributed by atoms with E-state index in [0.717, 1.165) is 17.9 Å². The van der Waals surface area contributed by atoms with Crippen LogP contribution < -0.4 is 10.1 Å². The van der Waals surface area contributed by atoms with Crippen molar-refractivity contribution >= 4 is 5.69 Å². The highest BCUT2D eigenvalue weighted by Gasteiger charge is 2.45. The molecule has 0 amide bonds. The maximum absolute atomic E-state index is 6.09. The van der Waals surface area contributed by atoms with Crippen LogP contribution in [-0.4, -0.2) is 24.4 Å². The van der Waals surface area contributed by atoms with Gasteiger partial charge in [-0.1, -0.05) is 12.1 Å². The Morgan fingerprint density at radius 3 is 2.44 bits per heavy atom. The van der Waals surface area contributed by atoms with Crippen molar-refractivity contribution in [1.29, 1.82) is 0 Å². The number of anilines is 1. The molecule has 100 valence electrons. The second-order valence-corrected chi connectivity index (χ2v) is 6.07. The number of benzene rings is 1. The average molecular weight is 249 g/mol. The Hall–Kier alpha value is -1.22. The molecule has 0 bridgehead atoms. The van der Waals surface area contributed by atoms with Crippen molar-refractivity contribution in [2.75, 3.05) is 12.4 Å². The monoisotopic (exact) mass is 249 g/mol. The maximum atomic E-state index is 6.09. The van der Waals surface area contributed by atoms with Crippen LogP contribution in [0.5, 0.6) is 5.75 Å². The first-order valence-corrected chi connectivity index (χ1v) is 6.44. The Bertz CT molecular complexity index is 426. The molecule has 1 N–H and O–H groups in total. The molecule has 3 nitrogen and oxygen atoms in total. The zero-order chi connectivity index (χ0) is 13.4. The van der Waals surface area contributed by atoms with E-state index in [1.165, 1.54) is 0 Å². The van der Waals surface area contributed by atoms with Gasteiger partial charge >= 0.3 is 0 Å². The molecule has 18 heavy (non-hydrogen) atoms. The van der Waals surface area contributed by atoms with Gasteiger partial charge in [0.15, 0.2) is 0 Å². The smallest absolute Gasteiger partial charge is 0.141 e. The van der Waals surface area contributed by atoms with E-state index in [2.05, 4.69) is 33.0 Å². The Kier molecular flexibility index (Phi) is 3.28. The van der Waals surface area contributed by atoms with Crippen molar-refractivity contribution in [1.82, 2.24) is 0 Å². The van der Waals surface area contributed by atoms with E-state index in [4.69, 9.17) is 9.47 Å². The fraction of sp³-hybridized carbons (Fsp3) is 0.600. The molecule has 3 heteroatoms. The number of para-hydroxylation sites is 2. The van der Waals surface area contributed by atoms with Crippen LogP contribution in [0.2, 0.25) is 0 Å². The molecular weight excluding hydrogens is 226 g/mol. The summed E-state index contributed by atoms with van der Waals surface area (Å²) in [7, 11) is 1.70. The van der Waals surface area contributed by atoms with Crippen molar-refractivity contribution in [3.8, 4) is 5.75 Å². The molecule has 1 aliphatic heterocycles. The topological polar surface area (TPSA) is 30.5 Å². The van der Waals surface area contributed by atoms with Crippen LogP contribution >= 0.6 is 0 Å². The molecule has 0 aromatic heterocycles. The zero-order valence-corrected chi connectivity index (χ0v) is 11.9. The van der Waals surface area contributed by atoms with E-state index >= 15 is 0 Å². The molecule has 0 aliphatic carbocycles. The van der Waals surface area contributed by atoms with Gasteiger partial charge in [0, 0.05) is 0 Å². The first-order valence-electron chi connectivity index (χ1n) is 6.44. The number of nitrogens with one attached hydrogen (secondary N) is 1. The third kappa shape index (κ3) is 2.61. The van der Waals surface area contributed by atoms with Crippen LogP contribution in [0.25, 0.3) is 0 Å². The Balaban J connectivity index is 2.19. The lowest BCUT2D eigenvalue weighted by molar-refractivity contribution is -0.0662. The molecule has 1 saturated heterocycles. The van der Waals surface area contributed by atoms with Gasteiger partial charge in [-0.15, -0.1) is 0 Å². The van der Waals surface area contributed by atoms with Gasteiger partial charge in [-0.3, -0.25) is 0 Å². The van der Waals surface area contributed by atoms with Gasteiger partial charge in [0.1, 0.15) is 5.75 Å². The normalized spacial score (nSPS) is 24.8. The van der Waals surface area contributed by atoms with Crippen molar-refractivity contribution in [3.63, 3.8) is 0 Å². The lowest BCUT2D eigenvalue weighted by Crippen LogP contribution is -2.38. The lowest BCUT2D eigenvalue weighted by Gasteiger charge is -2.28. The van der Waals surface area contributed by atoms with Gasteiger partial charge in [-0.05, 0) is 46.2 Å². The van der Waals surface area contributed by atoms with Gasteiger partial charge in [0.05, 0.1) is 30.0 Å². The van der Waals surface area contributed by atoms with Gasteiger partial charge < -0.3 is 14.8 Å². The van der Waals surface area contributed by atoms with E-state index in [-0.39, 0.29) is 17.2 Å². The Morgan fingerprint density at radius 2 is 1.89 bits per heavy atom. The van der Waals surface area contributed by atoms with Crippen molar-refractivity contribution in [2.24, 2.45) is 0 Å². The van der Waals surface area contributed by atoms with Gasteiger partial charge in [0.25, 0.3) is 0 Å². The highest BCUT2D eigenvalue weighted by molar-refractivity contribution is 5.57. The van der Waals surface area contributed by atoms with Crippen LogP contribution in [-0.2, 0) is 4.74 Å². The minimum Gasteiger partial charge on any atom is -0.495 e. The number of hydrogen-bond donors (Lipinski definition) is 1. The molecule has 1 unspecified atom stereocenters. The summed E-state index contributed by atoms with van der Waals surface area (Å²) in [5.41, 5.74) is 0.771. The fourth-order valence-electron chi connectivity index (χ4n) is 2.74. The van der Waals surface area contributed by atoms with E-state index in [1.807, 2.05) is 24.3 Å². The molecule has 2 rings (SSSR count). The quantitative estimate of drug-likeness (QED) is 0.890. The van der Waals surface area contributed by atoms with Crippen LogP contribution in [0.1, 0.15) is 34.1 Å². The van der Waals surface area contributed by atoms with E-state index in [0.29, 0.717) is 0 Å². The van der Waals surface area contributed by atoms with Crippen LogP contribution in [0.15, 0.2) is 24.3 Å². The molecule has 1 aromatic rings. The highest BCUT2D eigenvalue weighted by atomic mass is 16.5. The zero-order valence-electron chi connectivity index (χ0n) is 11.9. The summed E-state index contributed by atoms with van der Waals surface area (Å²) < 4.78 is 11.5. The van der Waals surface area contributed by atoms with Crippen LogP contribution in [0.4, 0.5) is 5.69 Å². The third-order valence-electron chi connectivity index (χ3n) is 3.51. The van der Waals surface area contributed by atoms with Crippen LogP contribution in [0, 0.1) is 0 Å². The van der Waals surface area contributed by atoms with Crippen molar-refractivity contribution in [3.05, 3.63) is 24.3 Å². The summed E-state index contributed by atoms with van der Waals surface area (Å²) in [4.78, 5) is 0. The predicted octanol–water partition coefficient (Wildman–Crippen LogP) is 3.45. The molecule has 1 aliphatic rings. The van der Waals surface area contributed by atoms with Crippen LogP contribution in [0.3, 0.4) is 0 Å². The molecule has 1 atom stereocenters. The summed E-state index contributed by atoms with van der Waals surface area (Å²) >= 11 is 0. The third-order valence-corrected chi connectivity index (χ3v) is 3.51. The lowest BCUT2D eigenvalue weighted by atomic mass is 9.94. The largest absolute Gasteiger partial charge is 0.495 e. The first-order chi connectivity index (χ1) is 8.34. The standard InChI is InChI=1S/C15H23NO2/c1-14(2)10-13(15(3,4)18-14)16-11-8-6-7-9-12(11)17-5/h6-9,13,16H,10H2,1-5H3. The van der Waals surface area contributed by atoms with Gasteiger partial charge in [0.2, 0.25) is 0 Å².